The van der Waals surface area contributed by atoms with Gasteiger partial charge in [0.15, 0.2) is 0 Å². The van der Waals surface area contributed by atoms with Crippen LogP contribution in [0.1, 0.15) is 23.5 Å². The van der Waals surface area contributed by atoms with Gasteiger partial charge in [-0.25, -0.2) is 8.42 Å². The van der Waals surface area contributed by atoms with Crippen LogP contribution in [0, 0.1) is 0 Å². The minimum Gasteiger partial charge on any atom is -0.354 e. The standard InChI is InChI=1S/C19H24N2O3S/c1-25(23,24)13-12-18(20)19(22)21-14-17(15-8-4-2-5-9-15)16-10-6-3-7-11-16/h2-11,17-18H,12-14,20H2,1H3,(H,21,22). The van der Waals surface area contributed by atoms with Crippen molar-refractivity contribution in [1.82, 2.24) is 5.32 Å². The lowest BCUT2D eigenvalue weighted by Crippen LogP contribution is -2.43. The molecule has 2 aromatic rings. The Balaban J connectivity index is 2.04. The summed E-state index contributed by atoms with van der Waals surface area (Å²) in [7, 11) is -3.13. The van der Waals surface area contributed by atoms with Crippen LogP contribution >= 0.6 is 0 Å². The molecule has 2 rings (SSSR count). The van der Waals surface area contributed by atoms with Gasteiger partial charge in [-0.3, -0.25) is 4.79 Å². The van der Waals surface area contributed by atoms with Crippen LogP contribution in [0.2, 0.25) is 0 Å². The molecule has 0 aliphatic carbocycles. The molecular formula is C19H24N2O3S. The van der Waals surface area contributed by atoms with Gasteiger partial charge in [-0.1, -0.05) is 60.7 Å². The van der Waals surface area contributed by atoms with E-state index in [1.807, 2.05) is 60.7 Å². The third kappa shape index (κ3) is 6.32. The molecule has 0 saturated heterocycles. The molecule has 0 aliphatic rings. The number of carbonyl (C=O) groups is 1. The van der Waals surface area contributed by atoms with E-state index in [0.717, 1.165) is 17.4 Å². The van der Waals surface area contributed by atoms with Gasteiger partial charge in [0.25, 0.3) is 0 Å². The Morgan fingerprint density at radius 2 is 1.48 bits per heavy atom. The van der Waals surface area contributed by atoms with E-state index in [9.17, 15) is 13.2 Å². The van der Waals surface area contributed by atoms with Gasteiger partial charge in [0, 0.05) is 18.7 Å². The topological polar surface area (TPSA) is 89.3 Å². The number of hydrogen-bond acceptors (Lipinski definition) is 4. The summed E-state index contributed by atoms with van der Waals surface area (Å²) in [6, 6.07) is 19.0. The lowest BCUT2D eigenvalue weighted by atomic mass is 9.91. The number of nitrogens with two attached hydrogens (primary N) is 1. The van der Waals surface area contributed by atoms with Crippen molar-refractivity contribution < 1.29 is 13.2 Å². The van der Waals surface area contributed by atoms with Gasteiger partial charge in [-0.05, 0) is 17.5 Å². The highest BCUT2D eigenvalue weighted by Gasteiger charge is 2.19. The normalized spacial score (nSPS) is 12.8. The van der Waals surface area contributed by atoms with Crippen molar-refractivity contribution in [3.05, 3.63) is 71.8 Å². The second-order valence-corrected chi connectivity index (χ2v) is 8.40. The lowest BCUT2D eigenvalue weighted by molar-refractivity contribution is -0.122. The van der Waals surface area contributed by atoms with Crippen molar-refractivity contribution in [1.29, 1.82) is 0 Å². The Bertz CT molecular complexity index is 737. The van der Waals surface area contributed by atoms with E-state index in [2.05, 4.69) is 5.32 Å². The van der Waals surface area contributed by atoms with E-state index in [0.29, 0.717) is 6.54 Å². The molecule has 0 saturated carbocycles. The number of benzene rings is 2. The molecule has 5 nitrogen and oxygen atoms in total. The fraction of sp³-hybridized carbons (Fsp3) is 0.316. The zero-order valence-corrected chi connectivity index (χ0v) is 15.1. The predicted octanol–water partition coefficient (Wildman–Crippen LogP) is 1.70. The average molecular weight is 360 g/mol. The van der Waals surface area contributed by atoms with Crippen molar-refractivity contribution in [3.8, 4) is 0 Å². The second kappa shape index (κ2) is 8.78. The Kier molecular flexibility index (Phi) is 6.73. The average Bonchev–Trinajstić information content (AvgIpc) is 2.61. The van der Waals surface area contributed by atoms with Crippen LogP contribution in [0.15, 0.2) is 60.7 Å². The third-order valence-electron chi connectivity index (χ3n) is 4.02. The Morgan fingerprint density at radius 1 is 1.00 bits per heavy atom. The van der Waals surface area contributed by atoms with E-state index in [1.54, 1.807) is 0 Å². The quantitative estimate of drug-likeness (QED) is 0.750. The molecule has 0 spiro atoms. The lowest BCUT2D eigenvalue weighted by Gasteiger charge is -2.20. The first-order valence-corrected chi connectivity index (χ1v) is 10.2. The smallest absolute Gasteiger partial charge is 0.236 e. The maximum atomic E-state index is 12.2. The summed E-state index contributed by atoms with van der Waals surface area (Å²) in [6.07, 6.45) is 1.25. The highest BCUT2D eigenvalue weighted by molar-refractivity contribution is 7.90. The van der Waals surface area contributed by atoms with Crippen LogP contribution in [0.3, 0.4) is 0 Å². The van der Waals surface area contributed by atoms with Crippen LogP contribution in [0.25, 0.3) is 0 Å². The first-order valence-electron chi connectivity index (χ1n) is 8.18. The van der Waals surface area contributed by atoms with Crippen molar-refractivity contribution in [3.63, 3.8) is 0 Å². The molecule has 6 heteroatoms. The predicted molar refractivity (Wildman–Crippen MR) is 100 cm³/mol. The van der Waals surface area contributed by atoms with E-state index in [-0.39, 0.29) is 24.0 Å². The molecule has 3 N–H and O–H groups in total. The third-order valence-corrected chi connectivity index (χ3v) is 5.00. The number of amides is 1. The van der Waals surface area contributed by atoms with E-state index >= 15 is 0 Å². The molecule has 0 aliphatic heterocycles. The molecule has 25 heavy (non-hydrogen) atoms. The van der Waals surface area contributed by atoms with Gasteiger partial charge in [0.05, 0.1) is 11.8 Å². The van der Waals surface area contributed by atoms with Crippen LogP contribution in [0.5, 0.6) is 0 Å². The van der Waals surface area contributed by atoms with Gasteiger partial charge in [-0.2, -0.15) is 0 Å². The maximum Gasteiger partial charge on any atom is 0.236 e. The largest absolute Gasteiger partial charge is 0.354 e. The van der Waals surface area contributed by atoms with Gasteiger partial charge in [0.1, 0.15) is 9.84 Å². The molecular weight excluding hydrogens is 336 g/mol. The van der Waals surface area contributed by atoms with Crippen molar-refractivity contribution in [2.24, 2.45) is 5.73 Å². The summed E-state index contributed by atoms with van der Waals surface area (Å²) in [5.74, 6) is -0.420. The molecule has 134 valence electrons. The maximum absolute atomic E-state index is 12.2. The molecule has 0 bridgehead atoms. The zero-order valence-electron chi connectivity index (χ0n) is 14.3. The first-order chi connectivity index (χ1) is 11.9. The Morgan fingerprint density at radius 3 is 1.92 bits per heavy atom. The number of hydrogen-bond donors (Lipinski definition) is 2. The van der Waals surface area contributed by atoms with Crippen LogP contribution in [-0.2, 0) is 14.6 Å². The number of nitrogens with one attached hydrogen (secondary N) is 1. The fourth-order valence-corrected chi connectivity index (χ4v) is 3.29. The molecule has 0 heterocycles. The van der Waals surface area contributed by atoms with Crippen molar-refractivity contribution in [2.45, 2.75) is 18.4 Å². The van der Waals surface area contributed by atoms with Gasteiger partial charge in [0.2, 0.25) is 5.91 Å². The van der Waals surface area contributed by atoms with Crippen LogP contribution in [0.4, 0.5) is 0 Å². The minimum atomic E-state index is -3.13. The van der Waals surface area contributed by atoms with E-state index in [1.165, 1.54) is 0 Å². The SMILES string of the molecule is CS(=O)(=O)CCC(N)C(=O)NCC(c1ccccc1)c1ccccc1. The zero-order chi connectivity index (χ0) is 18.3. The number of sulfone groups is 1. The van der Waals surface area contributed by atoms with Crippen molar-refractivity contribution in [2.75, 3.05) is 18.6 Å². The highest BCUT2D eigenvalue weighted by Crippen LogP contribution is 2.23. The molecule has 1 amide bonds. The molecule has 1 unspecified atom stereocenters. The molecule has 1 atom stereocenters. The monoisotopic (exact) mass is 360 g/mol. The highest BCUT2D eigenvalue weighted by atomic mass is 32.2. The summed E-state index contributed by atoms with van der Waals surface area (Å²) in [6.45, 7) is 0.402. The van der Waals surface area contributed by atoms with Crippen molar-refractivity contribution >= 4 is 15.7 Å². The molecule has 0 fully saturated rings. The van der Waals surface area contributed by atoms with Gasteiger partial charge in [-0.15, -0.1) is 0 Å². The van der Waals surface area contributed by atoms with Crippen LogP contribution in [-0.4, -0.2) is 38.9 Å². The minimum absolute atomic E-state index is 0.00783. The van der Waals surface area contributed by atoms with E-state index < -0.39 is 15.9 Å². The summed E-state index contributed by atoms with van der Waals surface area (Å²) in [5, 5.41) is 2.86. The fourth-order valence-electron chi connectivity index (χ4n) is 2.60. The number of rotatable bonds is 8. The molecule has 0 aromatic heterocycles. The van der Waals surface area contributed by atoms with Gasteiger partial charge < -0.3 is 11.1 Å². The second-order valence-electron chi connectivity index (χ2n) is 6.14. The summed E-state index contributed by atoms with van der Waals surface area (Å²) < 4.78 is 22.4. The molecule has 0 radical (unpaired) electrons. The summed E-state index contributed by atoms with van der Waals surface area (Å²) in [4.78, 5) is 12.2. The molecule has 2 aromatic carbocycles. The summed E-state index contributed by atoms with van der Waals surface area (Å²) >= 11 is 0. The Hall–Kier alpha value is -2.18. The van der Waals surface area contributed by atoms with Gasteiger partial charge >= 0.3 is 0 Å². The first kappa shape index (κ1) is 19.1. The van der Waals surface area contributed by atoms with Crippen LogP contribution < -0.4 is 11.1 Å². The Labute approximate surface area is 149 Å². The number of carbonyl (C=O) groups excluding carboxylic acids is 1. The summed E-state index contributed by atoms with van der Waals surface area (Å²) in [5.41, 5.74) is 8.00. The van der Waals surface area contributed by atoms with E-state index in [4.69, 9.17) is 5.73 Å².